The molecule has 5 rings (SSSR count). The van der Waals surface area contributed by atoms with Gasteiger partial charge in [0.1, 0.15) is 12.3 Å². The normalized spacial score (nSPS) is 11.2. The molecule has 0 spiro atoms. The summed E-state index contributed by atoms with van der Waals surface area (Å²) >= 11 is 0. The number of benzene rings is 1. The van der Waals surface area contributed by atoms with E-state index in [1.807, 2.05) is 31.2 Å². The van der Waals surface area contributed by atoms with Crippen LogP contribution in [-0.2, 0) is 11.3 Å². The van der Waals surface area contributed by atoms with Gasteiger partial charge in [0.25, 0.3) is 5.71 Å². The number of rotatable bonds is 5. The maximum Gasteiger partial charge on any atom is 0.339 e. The quantitative estimate of drug-likeness (QED) is 0.365. The second-order valence-corrected chi connectivity index (χ2v) is 7.11. The second-order valence-electron chi connectivity index (χ2n) is 7.11. The molecule has 0 unspecified atom stereocenters. The molecular formula is C23H17N3O5. The SMILES string of the molecule is Cc1ccc(-c2cc(C(=O)OCc3cc(-c4ccco4)on3)c3c(C)noc3n2)cc1. The van der Waals surface area contributed by atoms with Gasteiger partial charge in [0, 0.05) is 11.6 Å². The number of fused-ring (bicyclic) bond motifs is 1. The van der Waals surface area contributed by atoms with Gasteiger partial charge in [-0.2, -0.15) is 0 Å². The van der Waals surface area contributed by atoms with Gasteiger partial charge < -0.3 is 18.2 Å². The highest BCUT2D eigenvalue weighted by molar-refractivity contribution is 6.04. The highest BCUT2D eigenvalue weighted by atomic mass is 16.5. The molecule has 1 aromatic carbocycles. The fourth-order valence-electron chi connectivity index (χ4n) is 3.26. The Morgan fingerprint density at radius 2 is 1.84 bits per heavy atom. The molecule has 31 heavy (non-hydrogen) atoms. The number of esters is 1. The van der Waals surface area contributed by atoms with E-state index in [4.69, 9.17) is 18.2 Å². The summed E-state index contributed by atoms with van der Waals surface area (Å²) in [5.74, 6) is 0.470. The molecule has 8 nitrogen and oxygen atoms in total. The van der Waals surface area contributed by atoms with Crippen molar-refractivity contribution in [3.63, 3.8) is 0 Å². The van der Waals surface area contributed by atoms with Crippen LogP contribution < -0.4 is 0 Å². The maximum atomic E-state index is 13.0. The topological polar surface area (TPSA) is 104 Å². The Balaban J connectivity index is 1.43. The average Bonchev–Trinajstić information content (AvgIpc) is 3.53. The van der Waals surface area contributed by atoms with Gasteiger partial charge in [0.15, 0.2) is 5.76 Å². The third-order valence-corrected chi connectivity index (χ3v) is 4.86. The van der Waals surface area contributed by atoms with E-state index in [0.29, 0.717) is 39.6 Å². The summed E-state index contributed by atoms with van der Waals surface area (Å²) in [6.45, 7) is 3.70. The largest absolute Gasteiger partial charge is 0.461 e. The summed E-state index contributed by atoms with van der Waals surface area (Å²) < 4.78 is 21.3. The molecule has 8 heteroatoms. The van der Waals surface area contributed by atoms with Crippen LogP contribution in [0.5, 0.6) is 0 Å². The van der Waals surface area contributed by atoms with Gasteiger partial charge in [-0.25, -0.2) is 9.78 Å². The molecular weight excluding hydrogens is 398 g/mol. The Morgan fingerprint density at radius 1 is 1.00 bits per heavy atom. The van der Waals surface area contributed by atoms with Crippen molar-refractivity contribution in [1.29, 1.82) is 0 Å². The lowest BCUT2D eigenvalue weighted by Gasteiger charge is -2.07. The van der Waals surface area contributed by atoms with Crippen LogP contribution in [0.25, 0.3) is 33.9 Å². The first-order valence-corrected chi connectivity index (χ1v) is 9.59. The fraction of sp³-hybridized carbons (Fsp3) is 0.130. The molecule has 0 bridgehead atoms. The van der Waals surface area contributed by atoms with Gasteiger partial charge in [-0.05, 0) is 32.0 Å². The molecule has 0 saturated heterocycles. The second kappa shape index (κ2) is 7.56. The number of pyridine rings is 1. The lowest BCUT2D eigenvalue weighted by molar-refractivity contribution is 0.0466. The van der Waals surface area contributed by atoms with E-state index in [1.165, 1.54) is 0 Å². The molecule has 0 N–H and O–H groups in total. The van der Waals surface area contributed by atoms with Crippen molar-refractivity contribution in [1.82, 2.24) is 15.3 Å². The van der Waals surface area contributed by atoms with Gasteiger partial charge in [0.05, 0.1) is 28.6 Å². The Labute approximate surface area is 176 Å². The van der Waals surface area contributed by atoms with Crippen molar-refractivity contribution >= 4 is 17.1 Å². The zero-order chi connectivity index (χ0) is 21.4. The van der Waals surface area contributed by atoms with E-state index >= 15 is 0 Å². The third kappa shape index (κ3) is 3.59. The fourth-order valence-corrected chi connectivity index (χ4v) is 3.26. The van der Waals surface area contributed by atoms with E-state index in [1.54, 1.807) is 37.5 Å². The van der Waals surface area contributed by atoms with Crippen LogP contribution in [0, 0.1) is 13.8 Å². The first-order chi connectivity index (χ1) is 15.1. The summed E-state index contributed by atoms with van der Waals surface area (Å²) in [4.78, 5) is 17.5. The van der Waals surface area contributed by atoms with Crippen LogP contribution in [0.1, 0.15) is 27.3 Å². The lowest BCUT2D eigenvalue weighted by Crippen LogP contribution is -2.07. The minimum Gasteiger partial charge on any atom is -0.461 e. The predicted octanol–water partition coefficient (Wildman–Crippen LogP) is 5.11. The summed E-state index contributed by atoms with van der Waals surface area (Å²) in [5.41, 5.74) is 4.21. The van der Waals surface area contributed by atoms with Crippen LogP contribution in [0.3, 0.4) is 0 Å². The molecule has 154 valence electrons. The zero-order valence-electron chi connectivity index (χ0n) is 16.8. The number of furan rings is 1. The van der Waals surface area contributed by atoms with E-state index in [9.17, 15) is 4.79 Å². The number of ether oxygens (including phenoxy) is 1. The maximum absolute atomic E-state index is 13.0. The molecule has 0 radical (unpaired) electrons. The van der Waals surface area contributed by atoms with Crippen molar-refractivity contribution in [3.05, 3.63) is 77.3 Å². The molecule has 4 aromatic heterocycles. The van der Waals surface area contributed by atoms with E-state index in [2.05, 4.69) is 15.3 Å². The van der Waals surface area contributed by atoms with E-state index < -0.39 is 5.97 Å². The summed E-state index contributed by atoms with van der Waals surface area (Å²) in [6, 6.07) is 14.7. The first kappa shape index (κ1) is 18.8. The Kier molecular flexibility index (Phi) is 4.59. The van der Waals surface area contributed by atoms with Gasteiger partial charge in [-0.3, -0.25) is 0 Å². The van der Waals surface area contributed by atoms with Crippen molar-refractivity contribution in [2.75, 3.05) is 0 Å². The summed E-state index contributed by atoms with van der Waals surface area (Å²) in [6.07, 6.45) is 1.54. The Bertz CT molecular complexity index is 1360. The number of carbonyl (C=O) groups is 1. The van der Waals surface area contributed by atoms with Crippen LogP contribution in [0.15, 0.2) is 68.3 Å². The molecule has 0 aliphatic rings. The number of aryl methyl sites for hydroxylation is 2. The van der Waals surface area contributed by atoms with Crippen LogP contribution in [0.2, 0.25) is 0 Å². The van der Waals surface area contributed by atoms with Gasteiger partial charge in [-0.15, -0.1) is 0 Å². The molecule has 0 aliphatic heterocycles. The predicted molar refractivity (Wildman–Crippen MR) is 110 cm³/mol. The van der Waals surface area contributed by atoms with Crippen LogP contribution in [-0.4, -0.2) is 21.3 Å². The molecule has 0 aliphatic carbocycles. The number of nitrogens with zero attached hydrogens (tertiary/aromatic N) is 3. The van der Waals surface area contributed by atoms with Crippen molar-refractivity contribution in [2.24, 2.45) is 0 Å². The third-order valence-electron chi connectivity index (χ3n) is 4.86. The number of carbonyl (C=O) groups excluding carboxylic acids is 1. The minimum atomic E-state index is -0.533. The van der Waals surface area contributed by atoms with E-state index in [0.717, 1.165) is 11.1 Å². The molecule has 4 heterocycles. The Hall–Kier alpha value is -4.20. The summed E-state index contributed by atoms with van der Waals surface area (Å²) in [5, 5.41) is 8.41. The standard InChI is InChI=1S/C23H17N3O5/c1-13-5-7-15(8-6-13)18-11-17(21-14(2)25-31-22(21)24-18)23(27)29-12-16-10-20(30-26-16)19-4-3-9-28-19/h3-11H,12H2,1-2H3. The van der Waals surface area contributed by atoms with Gasteiger partial charge in [0.2, 0.25) is 5.76 Å². The summed E-state index contributed by atoms with van der Waals surface area (Å²) in [7, 11) is 0. The average molecular weight is 415 g/mol. The lowest BCUT2D eigenvalue weighted by atomic mass is 10.0. The minimum absolute atomic E-state index is 0.0585. The van der Waals surface area contributed by atoms with Crippen LogP contribution in [0.4, 0.5) is 0 Å². The molecule has 0 atom stereocenters. The smallest absolute Gasteiger partial charge is 0.339 e. The van der Waals surface area contributed by atoms with Gasteiger partial charge in [-0.1, -0.05) is 40.1 Å². The first-order valence-electron chi connectivity index (χ1n) is 9.59. The Morgan fingerprint density at radius 3 is 2.61 bits per heavy atom. The number of aromatic nitrogens is 3. The molecule has 0 amide bonds. The number of hydrogen-bond donors (Lipinski definition) is 0. The number of hydrogen-bond acceptors (Lipinski definition) is 8. The molecule has 5 aromatic rings. The monoisotopic (exact) mass is 415 g/mol. The highest BCUT2D eigenvalue weighted by Gasteiger charge is 2.21. The van der Waals surface area contributed by atoms with E-state index in [-0.39, 0.29) is 12.3 Å². The highest BCUT2D eigenvalue weighted by Crippen LogP contribution is 2.28. The van der Waals surface area contributed by atoms with Crippen molar-refractivity contribution in [3.8, 4) is 22.8 Å². The zero-order valence-corrected chi connectivity index (χ0v) is 16.8. The van der Waals surface area contributed by atoms with Crippen molar-refractivity contribution in [2.45, 2.75) is 20.5 Å². The molecule has 0 saturated carbocycles. The van der Waals surface area contributed by atoms with Crippen LogP contribution >= 0.6 is 0 Å². The molecule has 0 fully saturated rings. The van der Waals surface area contributed by atoms with Gasteiger partial charge >= 0.3 is 5.97 Å². The van der Waals surface area contributed by atoms with Crippen molar-refractivity contribution < 1.29 is 23.0 Å².